The van der Waals surface area contributed by atoms with Crippen molar-refractivity contribution in [1.82, 2.24) is 9.78 Å². The third kappa shape index (κ3) is 4.86. The second-order valence-corrected chi connectivity index (χ2v) is 7.63. The number of hydrogen-bond acceptors (Lipinski definition) is 4. The Hall–Kier alpha value is -2.86. The molecule has 0 aliphatic heterocycles. The van der Waals surface area contributed by atoms with Gasteiger partial charge in [-0.15, -0.1) is 0 Å². The third-order valence-electron chi connectivity index (χ3n) is 4.09. The molecule has 5 nitrogen and oxygen atoms in total. The summed E-state index contributed by atoms with van der Waals surface area (Å²) in [4.78, 5) is 25.9. The summed E-state index contributed by atoms with van der Waals surface area (Å²) in [6.45, 7) is 4.36. The van der Waals surface area contributed by atoms with Crippen LogP contribution in [-0.4, -0.2) is 15.7 Å². The van der Waals surface area contributed by atoms with E-state index in [1.54, 1.807) is 11.8 Å². The third-order valence-corrected chi connectivity index (χ3v) is 5.10. The summed E-state index contributed by atoms with van der Waals surface area (Å²) in [5, 5.41) is 6.74. The Morgan fingerprint density at radius 1 is 0.963 bits per heavy atom. The number of benzene rings is 2. The predicted octanol–water partition coefficient (Wildman–Crippen LogP) is 4.31. The van der Waals surface area contributed by atoms with Crippen molar-refractivity contribution in [1.29, 1.82) is 0 Å². The van der Waals surface area contributed by atoms with E-state index in [0.29, 0.717) is 11.6 Å². The number of hydrogen-bond donors (Lipinski definition) is 1. The number of rotatable bonds is 5. The second-order valence-electron chi connectivity index (χ2n) is 6.48. The summed E-state index contributed by atoms with van der Waals surface area (Å²) in [5.74, 6) is 0.170. The molecule has 0 spiro atoms. The summed E-state index contributed by atoms with van der Waals surface area (Å²) in [7, 11) is 1.51. The molecule has 1 amide bonds. The zero-order valence-corrected chi connectivity index (χ0v) is 16.3. The fourth-order valence-corrected chi connectivity index (χ4v) is 3.30. The number of nitrogens with one attached hydrogen (secondary N) is 1. The van der Waals surface area contributed by atoms with Crippen LogP contribution in [0.25, 0.3) is 0 Å². The Balaban J connectivity index is 1.65. The Bertz CT molecular complexity index is 993. The summed E-state index contributed by atoms with van der Waals surface area (Å²) in [5.41, 5.74) is 1.94. The first-order valence-electron chi connectivity index (χ1n) is 8.66. The van der Waals surface area contributed by atoms with Crippen molar-refractivity contribution in [3.63, 3.8) is 0 Å². The normalized spacial score (nSPS) is 10.8. The summed E-state index contributed by atoms with van der Waals surface area (Å²) >= 11 is 1.67. The van der Waals surface area contributed by atoms with Gasteiger partial charge in [0.05, 0.1) is 0 Å². The molecule has 0 atom stereocenters. The molecule has 1 aromatic heterocycles. The molecule has 6 heteroatoms. The summed E-state index contributed by atoms with van der Waals surface area (Å²) in [6.07, 6.45) is 0. The first kappa shape index (κ1) is 18.9. The molecule has 138 valence electrons. The molecule has 0 fully saturated rings. The van der Waals surface area contributed by atoms with Gasteiger partial charge in [-0.2, -0.15) is 5.10 Å². The van der Waals surface area contributed by atoms with Crippen LogP contribution in [0.3, 0.4) is 0 Å². The number of aryl methyl sites for hydroxylation is 1. The highest BCUT2D eigenvalue weighted by atomic mass is 32.2. The zero-order chi connectivity index (χ0) is 19.4. The highest BCUT2D eigenvalue weighted by Gasteiger charge is 2.09. The highest BCUT2D eigenvalue weighted by molar-refractivity contribution is 7.99. The van der Waals surface area contributed by atoms with Crippen LogP contribution in [0, 0.1) is 0 Å². The lowest BCUT2D eigenvalue weighted by Gasteiger charge is -2.08. The average Bonchev–Trinajstić information content (AvgIpc) is 2.66. The van der Waals surface area contributed by atoms with E-state index in [0.717, 1.165) is 9.58 Å². The molecule has 1 heterocycles. The molecule has 3 aromatic rings. The van der Waals surface area contributed by atoms with Crippen molar-refractivity contribution in [2.24, 2.45) is 7.05 Å². The first-order chi connectivity index (χ1) is 12.9. The number of carbonyl (C=O) groups is 1. The molecular formula is C21H21N3O2S. The van der Waals surface area contributed by atoms with Gasteiger partial charge in [0.25, 0.3) is 11.5 Å². The number of anilines is 1. The second kappa shape index (κ2) is 8.22. The Morgan fingerprint density at radius 3 is 2.11 bits per heavy atom. The van der Waals surface area contributed by atoms with E-state index in [2.05, 4.69) is 48.5 Å². The van der Waals surface area contributed by atoms with Crippen LogP contribution in [0.15, 0.2) is 75.2 Å². The van der Waals surface area contributed by atoms with Crippen molar-refractivity contribution in [3.05, 3.63) is 82.3 Å². The van der Waals surface area contributed by atoms with Gasteiger partial charge in [-0.25, -0.2) is 4.68 Å². The largest absolute Gasteiger partial charge is 0.321 e. The van der Waals surface area contributed by atoms with E-state index in [9.17, 15) is 9.59 Å². The van der Waals surface area contributed by atoms with Gasteiger partial charge < -0.3 is 5.32 Å². The van der Waals surface area contributed by atoms with Gasteiger partial charge in [0.2, 0.25) is 0 Å². The lowest BCUT2D eigenvalue weighted by atomic mass is 10.0. The van der Waals surface area contributed by atoms with E-state index in [1.165, 1.54) is 29.6 Å². The van der Waals surface area contributed by atoms with E-state index in [1.807, 2.05) is 24.3 Å². The van der Waals surface area contributed by atoms with Crippen molar-refractivity contribution in [3.8, 4) is 0 Å². The molecule has 0 saturated heterocycles. The quantitative estimate of drug-likeness (QED) is 0.718. The molecular weight excluding hydrogens is 358 g/mol. The van der Waals surface area contributed by atoms with Crippen molar-refractivity contribution >= 4 is 23.4 Å². The fraction of sp³-hybridized carbons (Fsp3) is 0.190. The number of nitrogens with zero attached hydrogens (tertiary/aromatic N) is 2. The lowest BCUT2D eigenvalue weighted by Crippen LogP contribution is -2.23. The van der Waals surface area contributed by atoms with Gasteiger partial charge in [0.1, 0.15) is 5.69 Å². The van der Waals surface area contributed by atoms with Gasteiger partial charge in [-0.05, 0) is 53.9 Å². The van der Waals surface area contributed by atoms with Crippen LogP contribution in [0.1, 0.15) is 35.8 Å². The van der Waals surface area contributed by atoms with Crippen LogP contribution in [-0.2, 0) is 7.05 Å². The summed E-state index contributed by atoms with van der Waals surface area (Å²) in [6, 6.07) is 18.9. The molecule has 1 N–H and O–H groups in total. The van der Waals surface area contributed by atoms with Crippen LogP contribution in [0.5, 0.6) is 0 Å². The van der Waals surface area contributed by atoms with Crippen LogP contribution < -0.4 is 10.9 Å². The highest BCUT2D eigenvalue weighted by Crippen LogP contribution is 2.29. The van der Waals surface area contributed by atoms with Gasteiger partial charge in [0, 0.05) is 28.6 Å². The zero-order valence-electron chi connectivity index (χ0n) is 15.5. The van der Waals surface area contributed by atoms with Gasteiger partial charge in [-0.3, -0.25) is 9.59 Å². The lowest BCUT2D eigenvalue weighted by molar-refractivity contribution is 0.102. The monoisotopic (exact) mass is 379 g/mol. The maximum atomic E-state index is 12.2. The van der Waals surface area contributed by atoms with Crippen LogP contribution >= 0.6 is 11.8 Å². The number of carbonyl (C=O) groups excluding carboxylic acids is 1. The molecule has 0 bridgehead atoms. The van der Waals surface area contributed by atoms with Gasteiger partial charge in [-0.1, -0.05) is 37.7 Å². The van der Waals surface area contributed by atoms with E-state index < -0.39 is 0 Å². The van der Waals surface area contributed by atoms with Gasteiger partial charge in [0.15, 0.2) is 0 Å². The molecule has 0 unspecified atom stereocenters. The summed E-state index contributed by atoms with van der Waals surface area (Å²) < 4.78 is 1.14. The average molecular weight is 379 g/mol. The maximum absolute atomic E-state index is 12.2. The van der Waals surface area contributed by atoms with Crippen molar-refractivity contribution in [2.45, 2.75) is 29.6 Å². The standard InChI is InChI=1S/C21H21N3O2S/c1-14(2)15-4-8-17(9-5-15)27-18-10-6-16(7-11-18)22-21(26)19-12-13-20(25)24(3)23-19/h4-14H,1-3H3,(H,22,26). The van der Waals surface area contributed by atoms with E-state index in [-0.39, 0.29) is 17.2 Å². The van der Waals surface area contributed by atoms with Crippen LogP contribution in [0.4, 0.5) is 5.69 Å². The minimum Gasteiger partial charge on any atom is -0.321 e. The Morgan fingerprint density at radius 2 is 1.56 bits per heavy atom. The fourth-order valence-electron chi connectivity index (χ4n) is 2.48. The molecule has 0 radical (unpaired) electrons. The number of amides is 1. The Labute approximate surface area is 162 Å². The molecule has 3 rings (SSSR count). The Kier molecular flexibility index (Phi) is 5.76. The minimum absolute atomic E-state index is 0.195. The molecule has 2 aromatic carbocycles. The van der Waals surface area contributed by atoms with Crippen LogP contribution in [0.2, 0.25) is 0 Å². The topological polar surface area (TPSA) is 64.0 Å². The SMILES string of the molecule is CC(C)c1ccc(Sc2ccc(NC(=O)c3ccc(=O)n(C)n3)cc2)cc1. The first-order valence-corrected chi connectivity index (χ1v) is 9.47. The minimum atomic E-state index is -0.352. The van der Waals surface area contributed by atoms with Gasteiger partial charge >= 0.3 is 0 Å². The predicted molar refractivity (Wildman–Crippen MR) is 109 cm³/mol. The molecule has 27 heavy (non-hydrogen) atoms. The molecule has 0 saturated carbocycles. The van der Waals surface area contributed by atoms with Crippen molar-refractivity contribution < 1.29 is 4.79 Å². The molecule has 0 aliphatic carbocycles. The smallest absolute Gasteiger partial charge is 0.276 e. The van der Waals surface area contributed by atoms with E-state index in [4.69, 9.17) is 0 Å². The van der Waals surface area contributed by atoms with E-state index >= 15 is 0 Å². The number of aromatic nitrogens is 2. The van der Waals surface area contributed by atoms with Crippen molar-refractivity contribution in [2.75, 3.05) is 5.32 Å². The molecule has 0 aliphatic rings. The maximum Gasteiger partial charge on any atom is 0.276 e.